The topological polar surface area (TPSA) is 46.2 Å². The molecule has 0 saturated carbocycles. The number of hydrogen-bond acceptors (Lipinski definition) is 2. The van der Waals surface area contributed by atoms with Crippen LogP contribution >= 0.6 is 27.5 Å². The van der Waals surface area contributed by atoms with Crippen molar-refractivity contribution in [1.29, 1.82) is 0 Å². The van der Waals surface area contributed by atoms with Crippen LogP contribution in [0, 0.1) is 6.92 Å². The first-order valence-electron chi connectivity index (χ1n) is 6.43. The lowest BCUT2D eigenvalue weighted by Gasteiger charge is -2.24. The maximum Gasteiger partial charge on any atom is 0.0873 e. The van der Waals surface area contributed by atoms with Gasteiger partial charge in [-0.15, -0.1) is 0 Å². The highest BCUT2D eigenvalue weighted by atomic mass is 79.9. The Morgan fingerprint density at radius 1 is 1.25 bits per heavy atom. The van der Waals surface area contributed by atoms with Crippen LogP contribution in [0.3, 0.4) is 0 Å². The van der Waals surface area contributed by atoms with E-state index in [0.29, 0.717) is 11.6 Å². The fraction of sp³-hybridized carbons (Fsp3) is 0.250. The molecule has 0 saturated heterocycles. The van der Waals surface area contributed by atoms with Gasteiger partial charge >= 0.3 is 0 Å². The molecule has 0 radical (unpaired) electrons. The summed E-state index contributed by atoms with van der Waals surface area (Å²) in [6, 6.07) is 13.4. The molecule has 0 aromatic heterocycles. The van der Waals surface area contributed by atoms with Crippen LogP contribution in [0.15, 0.2) is 46.9 Å². The summed E-state index contributed by atoms with van der Waals surface area (Å²) < 4.78 is 0.975. The smallest absolute Gasteiger partial charge is 0.0873 e. The molecule has 2 rings (SSSR count). The zero-order chi connectivity index (χ0) is 14.7. The predicted octanol–water partition coefficient (Wildman–Crippen LogP) is 4.19. The standard InChI is InChI=1S/C16H17BrClNO/c1-10-13(6-3-7-15(10)18)16(20)14(9-19)11-4-2-5-12(17)8-11/h2-8,14,16,20H,9,19H2,1H3. The van der Waals surface area contributed by atoms with Crippen LogP contribution in [0.1, 0.15) is 28.7 Å². The Labute approximate surface area is 132 Å². The summed E-state index contributed by atoms with van der Waals surface area (Å²) in [6.45, 7) is 2.28. The van der Waals surface area contributed by atoms with E-state index in [2.05, 4.69) is 15.9 Å². The maximum atomic E-state index is 10.7. The van der Waals surface area contributed by atoms with Gasteiger partial charge in [0.15, 0.2) is 0 Å². The van der Waals surface area contributed by atoms with Crippen LogP contribution in [0.25, 0.3) is 0 Å². The monoisotopic (exact) mass is 353 g/mol. The van der Waals surface area contributed by atoms with Crippen molar-refractivity contribution in [3.8, 4) is 0 Å². The molecule has 0 amide bonds. The van der Waals surface area contributed by atoms with E-state index >= 15 is 0 Å². The van der Waals surface area contributed by atoms with Crippen molar-refractivity contribution < 1.29 is 5.11 Å². The van der Waals surface area contributed by atoms with E-state index in [9.17, 15) is 5.11 Å². The van der Waals surface area contributed by atoms with Crippen LogP contribution in [0.2, 0.25) is 5.02 Å². The number of benzene rings is 2. The summed E-state index contributed by atoms with van der Waals surface area (Å²) in [4.78, 5) is 0. The second-order valence-electron chi connectivity index (χ2n) is 4.80. The third kappa shape index (κ3) is 3.23. The number of rotatable bonds is 4. The minimum absolute atomic E-state index is 0.162. The molecule has 2 nitrogen and oxygen atoms in total. The molecular formula is C16H17BrClNO. The van der Waals surface area contributed by atoms with Crippen molar-refractivity contribution in [3.05, 3.63) is 68.7 Å². The Kier molecular flexibility index (Phi) is 5.22. The van der Waals surface area contributed by atoms with Crippen molar-refractivity contribution in [2.75, 3.05) is 6.54 Å². The summed E-state index contributed by atoms with van der Waals surface area (Å²) in [5, 5.41) is 11.3. The fourth-order valence-corrected chi connectivity index (χ4v) is 2.94. The molecule has 0 aliphatic rings. The van der Waals surface area contributed by atoms with Gasteiger partial charge < -0.3 is 10.8 Å². The molecule has 0 spiro atoms. The second kappa shape index (κ2) is 6.72. The van der Waals surface area contributed by atoms with Crippen LogP contribution < -0.4 is 5.73 Å². The minimum atomic E-state index is -0.673. The van der Waals surface area contributed by atoms with E-state index in [1.54, 1.807) is 0 Å². The van der Waals surface area contributed by atoms with Gasteiger partial charge in [0.05, 0.1) is 6.10 Å². The van der Waals surface area contributed by atoms with Gasteiger partial charge in [-0.25, -0.2) is 0 Å². The summed E-state index contributed by atoms with van der Waals surface area (Å²) in [7, 11) is 0. The lowest BCUT2D eigenvalue weighted by Crippen LogP contribution is -2.20. The first-order valence-corrected chi connectivity index (χ1v) is 7.60. The van der Waals surface area contributed by atoms with Crippen molar-refractivity contribution in [2.45, 2.75) is 18.9 Å². The van der Waals surface area contributed by atoms with Crippen molar-refractivity contribution >= 4 is 27.5 Å². The zero-order valence-electron chi connectivity index (χ0n) is 11.2. The fourth-order valence-electron chi connectivity index (χ4n) is 2.35. The molecule has 0 bridgehead atoms. The third-order valence-electron chi connectivity index (χ3n) is 3.54. The van der Waals surface area contributed by atoms with E-state index in [4.69, 9.17) is 17.3 Å². The lowest BCUT2D eigenvalue weighted by atomic mass is 9.87. The number of halogens is 2. The van der Waals surface area contributed by atoms with Gasteiger partial charge in [-0.05, 0) is 41.8 Å². The summed E-state index contributed by atoms with van der Waals surface area (Å²) in [5.74, 6) is -0.162. The largest absolute Gasteiger partial charge is 0.388 e. The second-order valence-corrected chi connectivity index (χ2v) is 6.12. The highest BCUT2D eigenvalue weighted by Gasteiger charge is 2.23. The van der Waals surface area contributed by atoms with Gasteiger partial charge in [0, 0.05) is 22.0 Å². The van der Waals surface area contributed by atoms with Crippen molar-refractivity contribution in [3.63, 3.8) is 0 Å². The average molecular weight is 355 g/mol. The Bertz CT molecular complexity index is 603. The predicted molar refractivity (Wildman–Crippen MR) is 87.1 cm³/mol. The van der Waals surface area contributed by atoms with E-state index in [1.165, 1.54) is 0 Å². The molecule has 4 heteroatoms. The molecular weight excluding hydrogens is 338 g/mol. The first-order chi connectivity index (χ1) is 9.54. The van der Waals surface area contributed by atoms with E-state index < -0.39 is 6.10 Å². The highest BCUT2D eigenvalue weighted by molar-refractivity contribution is 9.10. The van der Waals surface area contributed by atoms with Crippen LogP contribution in [-0.2, 0) is 0 Å². The third-order valence-corrected chi connectivity index (χ3v) is 4.44. The Balaban J connectivity index is 2.39. The van der Waals surface area contributed by atoms with Gasteiger partial charge in [0.1, 0.15) is 0 Å². The number of nitrogens with two attached hydrogens (primary N) is 1. The first kappa shape index (κ1) is 15.5. The zero-order valence-corrected chi connectivity index (χ0v) is 13.5. The summed E-state index contributed by atoms with van der Waals surface area (Å²) in [5.41, 5.74) is 8.61. The van der Waals surface area contributed by atoms with E-state index in [1.807, 2.05) is 49.4 Å². The normalized spacial score (nSPS) is 14.1. The van der Waals surface area contributed by atoms with Gasteiger partial charge in [-0.3, -0.25) is 0 Å². The SMILES string of the molecule is Cc1c(Cl)cccc1C(O)C(CN)c1cccc(Br)c1. The molecule has 3 N–H and O–H groups in total. The van der Waals surface area contributed by atoms with E-state index in [0.717, 1.165) is 21.2 Å². The Hall–Kier alpha value is -0.870. The molecule has 2 atom stereocenters. The molecule has 2 aromatic rings. The van der Waals surface area contributed by atoms with Gasteiger partial charge in [0.25, 0.3) is 0 Å². The van der Waals surface area contributed by atoms with Crippen LogP contribution in [0.5, 0.6) is 0 Å². The molecule has 0 heterocycles. The number of aliphatic hydroxyl groups excluding tert-OH is 1. The van der Waals surface area contributed by atoms with Gasteiger partial charge in [-0.2, -0.15) is 0 Å². The summed E-state index contributed by atoms with van der Waals surface area (Å²) in [6.07, 6.45) is -0.673. The molecule has 2 unspecified atom stereocenters. The van der Waals surface area contributed by atoms with Crippen molar-refractivity contribution in [1.82, 2.24) is 0 Å². The Morgan fingerprint density at radius 2 is 1.95 bits per heavy atom. The van der Waals surface area contributed by atoms with Gasteiger partial charge in [0.2, 0.25) is 0 Å². The van der Waals surface area contributed by atoms with Crippen LogP contribution in [0.4, 0.5) is 0 Å². The van der Waals surface area contributed by atoms with E-state index in [-0.39, 0.29) is 5.92 Å². The molecule has 0 fully saturated rings. The molecule has 0 aliphatic heterocycles. The number of aliphatic hydroxyl groups is 1. The minimum Gasteiger partial charge on any atom is -0.388 e. The average Bonchev–Trinajstić information content (AvgIpc) is 2.42. The van der Waals surface area contributed by atoms with Crippen LogP contribution in [-0.4, -0.2) is 11.7 Å². The summed E-state index contributed by atoms with van der Waals surface area (Å²) >= 11 is 9.57. The molecule has 106 valence electrons. The molecule has 20 heavy (non-hydrogen) atoms. The maximum absolute atomic E-state index is 10.7. The Morgan fingerprint density at radius 3 is 2.60 bits per heavy atom. The van der Waals surface area contributed by atoms with Gasteiger partial charge in [-0.1, -0.05) is 51.8 Å². The lowest BCUT2D eigenvalue weighted by molar-refractivity contribution is 0.147. The molecule has 0 aliphatic carbocycles. The number of hydrogen-bond donors (Lipinski definition) is 2. The van der Waals surface area contributed by atoms with Crippen molar-refractivity contribution in [2.24, 2.45) is 5.73 Å². The highest BCUT2D eigenvalue weighted by Crippen LogP contribution is 2.34. The molecule has 2 aromatic carbocycles. The quantitative estimate of drug-likeness (QED) is 0.865.